The van der Waals surface area contributed by atoms with Crippen LogP contribution in [-0.4, -0.2) is 9.97 Å². The van der Waals surface area contributed by atoms with E-state index in [0.717, 1.165) is 73.2 Å². The summed E-state index contributed by atoms with van der Waals surface area (Å²) in [6.45, 7) is 4.17. The second kappa shape index (κ2) is 12.8. The second-order valence-electron chi connectivity index (χ2n) is 9.66. The van der Waals surface area contributed by atoms with Gasteiger partial charge in [-0.15, -0.1) is 0 Å². The number of aromatic nitrogens is 2. The van der Waals surface area contributed by atoms with Crippen molar-refractivity contribution in [2.24, 2.45) is 0 Å². The van der Waals surface area contributed by atoms with Gasteiger partial charge in [0.15, 0.2) is 0 Å². The predicted molar refractivity (Wildman–Crippen MR) is 144 cm³/mol. The molecule has 2 aromatic carbocycles. The lowest BCUT2D eigenvalue weighted by Gasteiger charge is -2.11. The molecule has 0 atom stereocenters. The van der Waals surface area contributed by atoms with E-state index in [4.69, 9.17) is 0 Å². The van der Waals surface area contributed by atoms with Gasteiger partial charge in [0.2, 0.25) is 0 Å². The van der Waals surface area contributed by atoms with Crippen LogP contribution in [0, 0.1) is 23.3 Å². The van der Waals surface area contributed by atoms with E-state index in [1.807, 2.05) is 12.1 Å². The van der Waals surface area contributed by atoms with Gasteiger partial charge in [-0.2, -0.15) is 0 Å². The third-order valence-electron chi connectivity index (χ3n) is 6.48. The molecule has 0 aliphatic rings. The third kappa shape index (κ3) is 7.06. The van der Waals surface area contributed by atoms with Crippen LogP contribution < -0.4 is 0 Å². The minimum Gasteiger partial charge on any atom is -0.253 e. The van der Waals surface area contributed by atoms with Crippen molar-refractivity contribution in [3.05, 3.63) is 106 Å². The highest BCUT2D eigenvalue weighted by Gasteiger charge is 2.13. The Morgan fingerprint density at radius 2 is 0.947 bits per heavy atom. The lowest BCUT2D eigenvalue weighted by molar-refractivity contribution is 0.584. The maximum absolute atomic E-state index is 14.4. The summed E-state index contributed by atoms with van der Waals surface area (Å²) in [5.41, 5.74) is 5.53. The molecular formula is C32H32F4N2. The average molecular weight is 521 g/mol. The Morgan fingerprint density at radius 3 is 1.32 bits per heavy atom. The van der Waals surface area contributed by atoms with E-state index in [-0.39, 0.29) is 0 Å². The Balaban J connectivity index is 1.49. The first-order chi connectivity index (χ1) is 18.4. The highest BCUT2D eigenvalue weighted by molar-refractivity contribution is 5.62. The van der Waals surface area contributed by atoms with Crippen molar-refractivity contribution < 1.29 is 17.6 Å². The van der Waals surface area contributed by atoms with E-state index in [2.05, 4.69) is 35.9 Å². The smallest absolute Gasteiger partial charge is 0.135 e. The topological polar surface area (TPSA) is 25.8 Å². The number of hydrogen-bond donors (Lipinski definition) is 0. The van der Waals surface area contributed by atoms with E-state index in [9.17, 15) is 17.6 Å². The summed E-state index contributed by atoms with van der Waals surface area (Å²) in [6.07, 6.45) is 6.70. The van der Waals surface area contributed by atoms with Crippen LogP contribution >= 0.6 is 0 Å². The first-order valence-corrected chi connectivity index (χ1v) is 13.3. The van der Waals surface area contributed by atoms with Crippen molar-refractivity contribution in [1.82, 2.24) is 9.97 Å². The van der Waals surface area contributed by atoms with Crippen molar-refractivity contribution in [2.75, 3.05) is 0 Å². The Labute approximate surface area is 221 Å². The Kier molecular flexibility index (Phi) is 9.27. The van der Waals surface area contributed by atoms with E-state index < -0.39 is 23.3 Å². The Bertz CT molecular complexity index is 1290. The molecule has 0 aliphatic heterocycles. The lowest BCUT2D eigenvalue weighted by Crippen LogP contribution is -2.01. The van der Waals surface area contributed by atoms with Gasteiger partial charge in [-0.05, 0) is 98.2 Å². The van der Waals surface area contributed by atoms with Gasteiger partial charge in [-0.25, -0.2) is 17.6 Å². The second-order valence-corrected chi connectivity index (χ2v) is 9.66. The molecule has 0 N–H and O–H groups in total. The van der Waals surface area contributed by atoms with Crippen LogP contribution in [0.2, 0.25) is 0 Å². The number of pyridine rings is 2. The normalized spacial score (nSPS) is 11.2. The predicted octanol–water partition coefficient (Wildman–Crippen LogP) is 8.84. The van der Waals surface area contributed by atoms with Gasteiger partial charge >= 0.3 is 0 Å². The highest BCUT2D eigenvalue weighted by Crippen LogP contribution is 2.26. The fourth-order valence-corrected chi connectivity index (χ4v) is 4.71. The van der Waals surface area contributed by atoms with Gasteiger partial charge in [-0.3, -0.25) is 9.97 Å². The summed E-state index contributed by atoms with van der Waals surface area (Å²) in [5, 5.41) is 0. The van der Waals surface area contributed by atoms with Gasteiger partial charge in [0.1, 0.15) is 23.3 Å². The molecule has 198 valence electrons. The molecule has 0 unspecified atom stereocenters. The SMILES string of the molecule is CCCc1cc(CCCCc2cc(CCC)cc(-c3ccc(F)cc3F)n2)nc(-c2ccc(F)cc2F)c1. The minimum absolute atomic E-state index is 0.295. The molecule has 0 amide bonds. The van der Waals surface area contributed by atoms with Crippen molar-refractivity contribution in [2.45, 2.75) is 65.2 Å². The van der Waals surface area contributed by atoms with Crippen molar-refractivity contribution >= 4 is 0 Å². The molecule has 0 fully saturated rings. The van der Waals surface area contributed by atoms with Gasteiger partial charge in [-0.1, -0.05) is 26.7 Å². The Hall–Kier alpha value is -3.54. The molecule has 2 heterocycles. The van der Waals surface area contributed by atoms with E-state index in [1.165, 1.54) is 24.3 Å². The summed E-state index contributed by atoms with van der Waals surface area (Å²) in [6, 6.07) is 15.0. The molecule has 0 spiro atoms. The van der Waals surface area contributed by atoms with Crippen LogP contribution in [0.5, 0.6) is 0 Å². The maximum Gasteiger partial charge on any atom is 0.135 e. The van der Waals surface area contributed by atoms with Crippen molar-refractivity contribution in [3.63, 3.8) is 0 Å². The molecule has 6 heteroatoms. The highest BCUT2D eigenvalue weighted by atomic mass is 19.1. The van der Waals surface area contributed by atoms with Crippen molar-refractivity contribution in [1.29, 1.82) is 0 Å². The van der Waals surface area contributed by atoms with E-state index in [1.54, 1.807) is 0 Å². The third-order valence-corrected chi connectivity index (χ3v) is 6.48. The molecule has 4 aromatic rings. The number of nitrogens with zero attached hydrogens (tertiary/aromatic N) is 2. The van der Waals surface area contributed by atoms with Crippen LogP contribution in [-0.2, 0) is 25.7 Å². The molecule has 4 rings (SSSR count). The minimum atomic E-state index is -0.622. The number of unbranched alkanes of at least 4 members (excludes halogenated alkanes) is 1. The number of halogens is 4. The quantitative estimate of drug-likeness (QED) is 0.146. The number of benzene rings is 2. The summed E-state index contributed by atoms with van der Waals surface area (Å²) in [5.74, 6) is -2.47. The summed E-state index contributed by atoms with van der Waals surface area (Å²) in [4.78, 5) is 9.36. The fourth-order valence-electron chi connectivity index (χ4n) is 4.71. The van der Waals surface area contributed by atoms with Crippen LogP contribution in [0.1, 0.15) is 62.0 Å². The molecular weight excluding hydrogens is 488 g/mol. The van der Waals surface area contributed by atoms with Gasteiger partial charge in [0.25, 0.3) is 0 Å². The van der Waals surface area contributed by atoms with Crippen LogP contribution in [0.15, 0.2) is 60.7 Å². The zero-order chi connectivity index (χ0) is 27.1. The first-order valence-electron chi connectivity index (χ1n) is 13.3. The fraction of sp³-hybridized carbons (Fsp3) is 0.312. The Morgan fingerprint density at radius 1 is 0.526 bits per heavy atom. The number of rotatable bonds is 11. The van der Waals surface area contributed by atoms with Crippen LogP contribution in [0.25, 0.3) is 22.5 Å². The van der Waals surface area contributed by atoms with Crippen LogP contribution in [0.4, 0.5) is 17.6 Å². The monoisotopic (exact) mass is 520 g/mol. The number of hydrogen-bond acceptors (Lipinski definition) is 2. The summed E-state index contributed by atoms with van der Waals surface area (Å²) < 4.78 is 55.7. The molecule has 2 nitrogen and oxygen atoms in total. The zero-order valence-electron chi connectivity index (χ0n) is 21.8. The number of aryl methyl sites for hydroxylation is 4. The molecule has 0 aliphatic carbocycles. The molecule has 0 bridgehead atoms. The largest absolute Gasteiger partial charge is 0.253 e. The molecule has 2 aromatic heterocycles. The average Bonchev–Trinajstić information content (AvgIpc) is 2.87. The lowest BCUT2D eigenvalue weighted by atomic mass is 10.0. The maximum atomic E-state index is 14.4. The summed E-state index contributed by atoms with van der Waals surface area (Å²) >= 11 is 0. The van der Waals surface area contributed by atoms with Gasteiger partial charge < -0.3 is 0 Å². The van der Waals surface area contributed by atoms with Gasteiger partial charge in [0, 0.05) is 34.6 Å². The summed E-state index contributed by atoms with van der Waals surface area (Å²) in [7, 11) is 0. The van der Waals surface area contributed by atoms with Gasteiger partial charge in [0.05, 0.1) is 11.4 Å². The van der Waals surface area contributed by atoms with Crippen LogP contribution in [0.3, 0.4) is 0 Å². The zero-order valence-corrected chi connectivity index (χ0v) is 21.8. The van der Waals surface area contributed by atoms with Crippen molar-refractivity contribution in [3.8, 4) is 22.5 Å². The first kappa shape index (κ1) is 27.5. The standard InChI is InChI=1S/C32H32F4N2/c1-3-7-21-15-25(37-31(17-21)27-13-11-23(33)19-29(27)35)9-5-6-10-26-16-22(8-4-2)18-32(38-26)28-14-12-24(34)20-30(28)36/h11-20H,3-10H2,1-2H3. The molecule has 0 saturated heterocycles. The molecule has 0 saturated carbocycles. The van der Waals surface area contributed by atoms with E-state index in [0.29, 0.717) is 35.4 Å². The van der Waals surface area contributed by atoms with E-state index >= 15 is 0 Å². The molecule has 38 heavy (non-hydrogen) atoms. The molecule has 0 radical (unpaired) electrons.